The number of carbonyl (C=O) groups is 1. The van der Waals surface area contributed by atoms with Crippen LogP contribution in [0.1, 0.15) is 46.0 Å². The molecule has 106 valence electrons. The van der Waals surface area contributed by atoms with Crippen molar-refractivity contribution in [1.29, 1.82) is 0 Å². The Hall–Kier alpha value is -0.220. The van der Waals surface area contributed by atoms with Crippen molar-refractivity contribution in [2.75, 3.05) is 19.3 Å². The van der Waals surface area contributed by atoms with Gasteiger partial charge in [-0.15, -0.1) is 0 Å². The number of carbonyl (C=O) groups excluding carboxylic acids is 1. The van der Waals surface area contributed by atoms with Crippen molar-refractivity contribution in [3.05, 3.63) is 0 Å². The van der Waals surface area contributed by atoms with Crippen molar-refractivity contribution >= 4 is 17.7 Å². The Labute approximate surface area is 116 Å². The van der Waals surface area contributed by atoms with Crippen molar-refractivity contribution in [2.45, 2.75) is 57.2 Å². The number of hydrogen-bond donors (Lipinski definition) is 2. The smallest absolute Gasteiger partial charge is 0.233 e. The Balaban J connectivity index is 2.10. The van der Waals surface area contributed by atoms with Crippen molar-refractivity contribution in [3.63, 3.8) is 0 Å². The molecule has 0 bridgehead atoms. The van der Waals surface area contributed by atoms with Crippen LogP contribution in [0.4, 0.5) is 0 Å². The minimum Gasteiger partial charge on any atom is -0.355 e. The summed E-state index contributed by atoms with van der Waals surface area (Å²) in [6, 6.07) is 0.534. The van der Waals surface area contributed by atoms with E-state index in [1.165, 1.54) is 25.7 Å². The number of thioether (sulfide) groups is 1. The molecule has 0 aromatic rings. The quantitative estimate of drug-likeness (QED) is 0.748. The zero-order valence-electron chi connectivity index (χ0n) is 12.0. The van der Waals surface area contributed by atoms with Crippen molar-refractivity contribution in [1.82, 2.24) is 10.6 Å². The standard InChI is InChI=1S/C14H28N2OS/c1-11(2)7-8-15-14(17)10-16-12-5-4-6-13(9-12)18-3/h11-13,16H,4-10H2,1-3H3,(H,15,17). The van der Waals surface area contributed by atoms with Crippen LogP contribution in [0, 0.1) is 5.92 Å². The topological polar surface area (TPSA) is 41.1 Å². The maximum Gasteiger partial charge on any atom is 0.233 e. The summed E-state index contributed by atoms with van der Waals surface area (Å²) < 4.78 is 0. The minimum absolute atomic E-state index is 0.141. The van der Waals surface area contributed by atoms with E-state index in [2.05, 4.69) is 30.7 Å². The third-order valence-corrected chi connectivity index (χ3v) is 4.65. The van der Waals surface area contributed by atoms with Gasteiger partial charge in [-0.1, -0.05) is 20.3 Å². The normalized spacial score (nSPS) is 24.2. The lowest BCUT2D eigenvalue weighted by molar-refractivity contribution is -0.120. The van der Waals surface area contributed by atoms with E-state index < -0.39 is 0 Å². The van der Waals surface area contributed by atoms with Gasteiger partial charge in [0.15, 0.2) is 0 Å². The Bertz CT molecular complexity index is 246. The molecule has 0 saturated heterocycles. The summed E-state index contributed by atoms with van der Waals surface area (Å²) in [6.07, 6.45) is 8.30. The molecular weight excluding hydrogens is 244 g/mol. The van der Waals surface area contributed by atoms with Gasteiger partial charge in [0, 0.05) is 17.8 Å². The summed E-state index contributed by atoms with van der Waals surface area (Å²) >= 11 is 1.96. The van der Waals surface area contributed by atoms with E-state index in [0.29, 0.717) is 18.5 Å². The first-order chi connectivity index (χ1) is 8.61. The molecule has 1 amide bonds. The van der Waals surface area contributed by atoms with Crippen molar-refractivity contribution in [3.8, 4) is 0 Å². The number of nitrogens with one attached hydrogen (secondary N) is 2. The van der Waals surface area contributed by atoms with E-state index in [1.54, 1.807) is 0 Å². The molecule has 3 nitrogen and oxygen atoms in total. The lowest BCUT2D eigenvalue weighted by Gasteiger charge is -2.28. The van der Waals surface area contributed by atoms with Crippen molar-refractivity contribution in [2.24, 2.45) is 5.92 Å². The van der Waals surface area contributed by atoms with Gasteiger partial charge in [-0.05, 0) is 37.9 Å². The van der Waals surface area contributed by atoms with E-state index >= 15 is 0 Å². The molecule has 0 radical (unpaired) electrons. The number of amides is 1. The minimum atomic E-state index is 0.141. The van der Waals surface area contributed by atoms with Crippen LogP contribution in [0.25, 0.3) is 0 Å². The highest BCUT2D eigenvalue weighted by atomic mass is 32.2. The summed E-state index contributed by atoms with van der Waals surface area (Å²) in [5.74, 6) is 0.792. The Morgan fingerprint density at radius 2 is 2.17 bits per heavy atom. The summed E-state index contributed by atoms with van der Waals surface area (Å²) in [7, 11) is 0. The van der Waals surface area contributed by atoms with Gasteiger partial charge in [0.25, 0.3) is 0 Å². The van der Waals surface area contributed by atoms with Gasteiger partial charge in [0.1, 0.15) is 0 Å². The van der Waals surface area contributed by atoms with E-state index in [1.807, 2.05) is 11.8 Å². The van der Waals surface area contributed by atoms with E-state index in [0.717, 1.165) is 18.2 Å². The largest absolute Gasteiger partial charge is 0.355 e. The van der Waals surface area contributed by atoms with E-state index in [-0.39, 0.29) is 5.91 Å². The summed E-state index contributed by atoms with van der Waals surface area (Å²) in [5.41, 5.74) is 0. The van der Waals surface area contributed by atoms with E-state index in [4.69, 9.17) is 0 Å². The molecule has 18 heavy (non-hydrogen) atoms. The molecule has 1 aliphatic rings. The Kier molecular flexibility index (Phi) is 7.75. The second kappa shape index (κ2) is 8.81. The SMILES string of the molecule is CSC1CCCC(NCC(=O)NCCC(C)C)C1. The molecule has 2 atom stereocenters. The predicted octanol–water partition coefficient (Wildman–Crippen LogP) is 2.41. The van der Waals surface area contributed by atoms with Crippen LogP contribution in [-0.4, -0.2) is 36.5 Å². The average Bonchev–Trinajstić information content (AvgIpc) is 2.36. The number of rotatable bonds is 7. The van der Waals surface area contributed by atoms with Crippen LogP contribution < -0.4 is 10.6 Å². The van der Waals surface area contributed by atoms with Gasteiger partial charge in [0.2, 0.25) is 5.91 Å². The van der Waals surface area contributed by atoms with Gasteiger partial charge in [0.05, 0.1) is 6.54 Å². The molecule has 1 fully saturated rings. The molecule has 4 heteroatoms. The van der Waals surface area contributed by atoms with Crippen LogP contribution in [-0.2, 0) is 4.79 Å². The molecule has 0 aromatic heterocycles. The first-order valence-electron chi connectivity index (χ1n) is 7.14. The second-order valence-corrected chi connectivity index (χ2v) is 6.77. The number of hydrogen-bond acceptors (Lipinski definition) is 3. The molecule has 2 N–H and O–H groups in total. The fourth-order valence-electron chi connectivity index (χ4n) is 2.34. The predicted molar refractivity (Wildman–Crippen MR) is 80.0 cm³/mol. The molecule has 2 unspecified atom stereocenters. The van der Waals surface area contributed by atoms with Gasteiger partial charge in [-0.25, -0.2) is 0 Å². The molecule has 0 spiro atoms. The molecule has 1 rings (SSSR count). The molecule has 1 saturated carbocycles. The molecule has 0 aliphatic heterocycles. The Morgan fingerprint density at radius 1 is 1.39 bits per heavy atom. The zero-order chi connectivity index (χ0) is 13.4. The molecular formula is C14H28N2OS. The highest BCUT2D eigenvalue weighted by Crippen LogP contribution is 2.26. The van der Waals surface area contributed by atoms with Crippen molar-refractivity contribution < 1.29 is 4.79 Å². The monoisotopic (exact) mass is 272 g/mol. The van der Waals surface area contributed by atoms with E-state index in [9.17, 15) is 4.79 Å². The first-order valence-corrected chi connectivity index (χ1v) is 8.43. The maximum absolute atomic E-state index is 11.6. The second-order valence-electron chi connectivity index (χ2n) is 5.63. The average molecular weight is 272 g/mol. The highest BCUT2D eigenvalue weighted by Gasteiger charge is 2.21. The van der Waals surface area contributed by atoms with Crippen LogP contribution in [0.15, 0.2) is 0 Å². The summed E-state index contributed by atoms with van der Waals surface area (Å²) in [6.45, 7) is 5.63. The van der Waals surface area contributed by atoms with Gasteiger partial charge >= 0.3 is 0 Å². The molecule has 0 heterocycles. The highest BCUT2D eigenvalue weighted by molar-refractivity contribution is 7.99. The third kappa shape index (κ3) is 6.64. The molecule has 1 aliphatic carbocycles. The van der Waals surface area contributed by atoms with Crippen LogP contribution in [0.3, 0.4) is 0 Å². The van der Waals surface area contributed by atoms with Gasteiger partial charge in [-0.3, -0.25) is 4.79 Å². The fraction of sp³-hybridized carbons (Fsp3) is 0.929. The lowest BCUT2D eigenvalue weighted by Crippen LogP contribution is -2.42. The lowest BCUT2D eigenvalue weighted by atomic mass is 9.95. The third-order valence-electron chi connectivity index (χ3n) is 3.55. The zero-order valence-corrected chi connectivity index (χ0v) is 12.8. The van der Waals surface area contributed by atoms with Crippen LogP contribution >= 0.6 is 11.8 Å². The summed E-state index contributed by atoms with van der Waals surface area (Å²) in [4.78, 5) is 11.6. The fourth-order valence-corrected chi connectivity index (χ4v) is 3.17. The van der Waals surface area contributed by atoms with Crippen LogP contribution in [0.2, 0.25) is 0 Å². The maximum atomic E-state index is 11.6. The first kappa shape index (κ1) is 15.8. The Morgan fingerprint density at radius 3 is 2.83 bits per heavy atom. The van der Waals surface area contributed by atoms with Gasteiger partial charge < -0.3 is 10.6 Å². The van der Waals surface area contributed by atoms with Crippen LogP contribution in [0.5, 0.6) is 0 Å². The summed E-state index contributed by atoms with van der Waals surface area (Å²) in [5, 5.41) is 7.15. The van der Waals surface area contributed by atoms with Gasteiger partial charge in [-0.2, -0.15) is 11.8 Å². The molecule has 0 aromatic carbocycles.